The lowest BCUT2D eigenvalue weighted by atomic mass is 9.98. The van der Waals surface area contributed by atoms with Gasteiger partial charge in [0.25, 0.3) is 0 Å². The van der Waals surface area contributed by atoms with E-state index in [1.807, 2.05) is 0 Å². The van der Waals surface area contributed by atoms with Crippen LogP contribution >= 0.6 is 15.9 Å². The standard InChI is InChI=1S/C15H9BrN2O3/c16-8-5-11-12(7-18-14(11)17-6-8)13(19)9-3-1-2-4-10(9)15(20)21/h1-7H,(H,17,18)(H,20,21). The second-order valence-corrected chi connectivity index (χ2v) is 5.35. The highest BCUT2D eigenvalue weighted by molar-refractivity contribution is 9.10. The number of ketones is 1. The monoisotopic (exact) mass is 344 g/mol. The summed E-state index contributed by atoms with van der Waals surface area (Å²) in [5.41, 5.74) is 1.12. The molecule has 3 rings (SSSR count). The Kier molecular flexibility index (Phi) is 3.31. The number of carboxylic acids is 1. The minimum absolute atomic E-state index is 0.0141. The van der Waals surface area contributed by atoms with Crippen molar-refractivity contribution < 1.29 is 14.7 Å². The van der Waals surface area contributed by atoms with Crippen molar-refractivity contribution in [1.29, 1.82) is 0 Å². The number of aromatic amines is 1. The first kappa shape index (κ1) is 13.5. The number of carboxylic acid groups (broad SMARTS) is 1. The van der Waals surface area contributed by atoms with Gasteiger partial charge in [0.15, 0.2) is 5.78 Å². The van der Waals surface area contributed by atoms with E-state index >= 15 is 0 Å². The number of halogens is 1. The molecule has 21 heavy (non-hydrogen) atoms. The van der Waals surface area contributed by atoms with Gasteiger partial charge in [-0.15, -0.1) is 0 Å². The van der Waals surface area contributed by atoms with Crippen LogP contribution in [-0.4, -0.2) is 26.8 Å². The molecule has 0 saturated carbocycles. The van der Waals surface area contributed by atoms with Crippen molar-refractivity contribution in [3.8, 4) is 0 Å². The van der Waals surface area contributed by atoms with Gasteiger partial charge >= 0.3 is 5.97 Å². The maximum Gasteiger partial charge on any atom is 0.336 e. The Labute approximate surface area is 127 Å². The van der Waals surface area contributed by atoms with Gasteiger partial charge in [-0.3, -0.25) is 4.79 Å². The number of fused-ring (bicyclic) bond motifs is 1. The Morgan fingerprint density at radius 3 is 2.57 bits per heavy atom. The first-order valence-corrected chi connectivity index (χ1v) is 6.87. The molecule has 0 bridgehead atoms. The Hall–Kier alpha value is -2.47. The molecule has 6 heteroatoms. The molecule has 0 radical (unpaired) electrons. The van der Waals surface area contributed by atoms with Gasteiger partial charge in [0, 0.05) is 33.4 Å². The molecule has 0 unspecified atom stereocenters. The van der Waals surface area contributed by atoms with Crippen molar-refractivity contribution in [1.82, 2.24) is 9.97 Å². The van der Waals surface area contributed by atoms with E-state index in [1.165, 1.54) is 12.1 Å². The molecule has 0 amide bonds. The second-order valence-electron chi connectivity index (χ2n) is 4.43. The number of aromatic nitrogens is 2. The fourth-order valence-electron chi connectivity index (χ4n) is 2.18. The smallest absolute Gasteiger partial charge is 0.336 e. The van der Waals surface area contributed by atoms with Crippen LogP contribution in [0.15, 0.2) is 47.2 Å². The van der Waals surface area contributed by atoms with Crippen LogP contribution in [0.2, 0.25) is 0 Å². The summed E-state index contributed by atoms with van der Waals surface area (Å²) in [7, 11) is 0. The molecule has 2 aromatic heterocycles. The van der Waals surface area contributed by atoms with Crippen molar-refractivity contribution in [3.63, 3.8) is 0 Å². The van der Waals surface area contributed by atoms with Gasteiger partial charge in [-0.05, 0) is 28.1 Å². The molecule has 0 fully saturated rings. The fourth-order valence-corrected chi connectivity index (χ4v) is 2.51. The summed E-state index contributed by atoms with van der Waals surface area (Å²) in [6.07, 6.45) is 3.17. The van der Waals surface area contributed by atoms with Crippen LogP contribution in [0.1, 0.15) is 26.3 Å². The zero-order valence-electron chi connectivity index (χ0n) is 10.6. The molecule has 104 valence electrons. The van der Waals surface area contributed by atoms with Gasteiger partial charge in [0.1, 0.15) is 5.65 Å². The van der Waals surface area contributed by atoms with E-state index in [1.54, 1.807) is 30.6 Å². The third kappa shape index (κ3) is 2.34. The van der Waals surface area contributed by atoms with Crippen molar-refractivity contribution in [2.24, 2.45) is 0 Å². The maximum absolute atomic E-state index is 12.6. The highest BCUT2D eigenvalue weighted by Gasteiger charge is 2.20. The first-order valence-electron chi connectivity index (χ1n) is 6.07. The average molecular weight is 345 g/mol. The van der Waals surface area contributed by atoms with Crippen LogP contribution in [-0.2, 0) is 0 Å². The van der Waals surface area contributed by atoms with Gasteiger partial charge in [0.2, 0.25) is 0 Å². The summed E-state index contributed by atoms with van der Waals surface area (Å²) in [5, 5.41) is 9.84. The number of pyridine rings is 1. The van der Waals surface area contributed by atoms with Crippen LogP contribution in [0, 0.1) is 0 Å². The van der Waals surface area contributed by atoms with E-state index in [0.717, 1.165) is 4.47 Å². The summed E-state index contributed by atoms with van der Waals surface area (Å²) in [4.78, 5) is 30.9. The third-order valence-corrected chi connectivity index (χ3v) is 3.58. The summed E-state index contributed by atoms with van der Waals surface area (Å²) >= 11 is 3.31. The van der Waals surface area contributed by atoms with Crippen LogP contribution in [0.25, 0.3) is 11.0 Å². The Morgan fingerprint density at radius 2 is 1.86 bits per heavy atom. The predicted octanol–water partition coefficient (Wildman–Crippen LogP) is 3.25. The number of hydrogen-bond acceptors (Lipinski definition) is 3. The van der Waals surface area contributed by atoms with Crippen molar-refractivity contribution in [2.45, 2.75) is 0 Å². The molecule has 0 aliphatic rings. The van der Waals surface area contributed by atoms with Gasteiger partial charge in [-0.1, -0.05) is 18.2 Å². The molecule has 0 aliphatic heterocycles. The quantitative estimate of drug-likeness (QED) is 0.714. The van der Waals surface area contributed by atoms with E-state index in [4.69, 9.17) is 0 Å². The van der Waals surface area contributed by atoms with E-state index in [2.05, 4.69) is 25.9 Å². The number of H-pyrrole nitrogens is 1. The van der Waals surface area contributed by atoms with Crippen molar-refractivity contribution in [2.75, 3.05) is 0 Å². The summed E-state index contributed by atoms with van der Waals surface area (Å²) in [6, 6.07) is 7.93. The molecule has 3 aromatic rings. The van der Waals surface area contributed by atoms with Gasteiger partial charge in [-0.2, -0.15) is 0 Å². The highest BCUT2D eigenvalue weighted by Crippen LogP contribution is 2.24. The molecule has 1 aromatic carbocycles. The van der Waals surface area contributed by atoms with Crippen LogP contribution < -0.4 is 0 Å². The normalized spacial score (nSPS) is 10.7. The lowest BCUT2D eigenvalue weighted by Crippen LogP contribution is -2.09. The summed E-state index contributed by atoms with van der Waals surface area (Å²) in [6.45, 7) is 0. The molecule has 0 saturated heterocycles. The van der Waals surface area contributed by atoms with Crippen LogP contribution in [0.5, 0.6) is 0 Å². The fraction of sp³-hybridized carbons (Fsp3) is 0. The minimum Gasteiger partial charge on any atom is -0.478 e. The van der Waals surface area contributed by atoms with E-state index < -0.39 is 5.97 Å². The maximum atomic E-state index is 12.6. The number of nitrogens with one attached hydrogen (secondary N) is 1. The third-order valence-electron chi connectivity index (χ3n) is 3.14. The minimum atomic E-state index is -1.13. The molecular weight excluding hydrogens is 336 g/mol. The number of hydrogen-bond donors (Lipinski definition) is 2. The molecule has 0 spiro atoms. The molecule has 0 aliphatic carbocycles. The summed E-state index contributed by atoms with van der Waals surface area (Å²) < 4.78 is 0.746. The largest absolute Gasteiger partial charge is 0.478 e. The number of carbonyl (C=O) groups is 2. The molecule has 5 nitrogen and oxygen atoms in total. The first-order chi connectivity index (χ1) is 10.1. The molecule has 0 atom stereocenters. The van der Waals surface area contributed by atoms with Gasteiger partial charge in [0.05, 0.1) is 5.56 Å². The lowest BCUT2D eigenvalue weighted by Gasteiger charge is -2.04. The second kappa shape index (κ2) is 5.14. The SMILES string of the molecule is O=C(O)c1ccccc1C(=O)c1c[nH]c2ncc(Br)cc12. The molecule has 2 N–H and O–H groups in total. The topological polar surface area (TPSA) is 83.0 Å². The number of benzene rings is 1. The van der Waals surface area contributed by atoms with E-state index in [9.17, 15) is 14.7 Å². The van der Waals surface area contributed by atoms with Crippen LogP contribution in [0.4, 0.5) is 0 Å². The van der Waals surface area contributed by atoms with Gasteiger partial charge < -0.3 is 10.1 Å². The van der Waals surface area contributed by atoms with Crippen LogP contribution in [0.3, 0.4) is 0 Å². The zero-order chi connectivity index (χ0) is 15.0. The molecular formula is C15H9BrN2O3. The lowest BCUT2D eigenvalue weighted by molar-refractivity contribution is 0.0693. The Balaban J connectivity index is 2.18. The number of rotatable bonds is 3. The zero-order valence-corrected chi connectivity index (χ0v) is 12.2. The number of nitrogens with zero attached hydrogens (tertiary/aromatic N) is 1. The predicted molar refractivity (Wildman–Crippen MR) is 80.6 cm³/mol. The molecule has 2 heterocycles. The highest BCUT2D eigenvalue weighted by atomic mass is 79.9. The number of carbonyl (C=O) groups excluding carboxylic acids is 1. The average Bonchev–Trinajstić information content (AvgIpc) is 2.89. The van der Waals surface area contributed by atoms with Crippen molar-refractivity contribution >= 4 is 38.7 Å². The van der Waals surface area contributed by atoms with Crippen molar-refractivity contribution in [3.05, 3.63) is 63.9 Å². The number of aromatic carboxylic acids is 1. The van der Waals surface area contributed by atoms with E-state index in [-0.39, 0.29) is 16.9 Å². The van der Waals surface area contributed by atoms with Gasteiger partial charge in [-0.25, -0.2) is 9.78 Å². The Morgan fingerprint density at radius 1 is 1.14 bits per heavy atom. The Bertz CT molecular complexity index is 870. The van der Waals surface area contributed by atoms with E-state index in [0.29, 0.717) is 16.6 Å². The summed E-state index contributed by atoms with van der Waals surface area (Å²) in [5.74, 6) is -1.47.